The van der Waals surface area contributed by atoms with Crippen LogP contribution in [0.2, 0.25) is 0 Å². The van der Waals surface area contributed by atoms with Crippen molar-refractivity contribution in [3.63, 3.8) is 0 Å². The number of benzene rings is 1. The van der Waals surface area contributed by atoms with Gasteiger partial charge in [-0.2, -0.15) is 0 Å². The summed E-state index contributed by atoms with van der Waals surface area (Å²) in [6.07, 6.45) is 0. The molecule has 1 amide bonds. The predicted molar refractivity (Wildman–Crippen MR) is 65.1 cm³/mol. The fourth-order valence-electron chi connectivity index (χ4n) is 2.39. The molecule has 1 fully saturated rings. The summed E-state index contributed by atoms with van der Waals surface area (Å²) >= 11 is 0. The van der Waals surface area contributed by atoms with Crippen molar-refractivity contribution in [2.75, 3.05) is 5.32 Å². The van der Waals surface area contributed by atoms with E-state index in [1.54, 1.807) is 26.0 Å². The molecule has 0 spiro atoms. The van der Waals surface area contributed by atoms with Gasteiger partial charge in [0.05, 0.1) is 11.8 Å². The number of hydrogen-bond donors (Lipinski definition) is 3. The molecule has 0 unspecified atom stereocenters. The third-order valence-electron chi connectivity index (χ3n) is 3.49. The minimum Gasteiger partial charge on any atom is -0.508 e. The molecule has 0 heterocycles. The molecule has 0 aliphatic heterocycles. The SMILES string of the molecule is CC1(C)[C@H](C(=O)O)[C@@H]1C(=O)Nc1cccc(O)c1. The molecule has 5 nitrogen and oxygen atoms in total. The number of phenolic OH excluding ortho intramolecular Hbond substituents is 1. The van der Waals surface area contributed by atoms with E-state index < -0.39 is 23.2 Å². The van der Waals surface area contributed by atoms with E-state index in [4.69, 9.17) is 5.11 Å². The van der Waals surface area contributed by atoms with Gasteiger partial charge in [0.1, 0.15) is 5.75 Å². The first-order chi connectivity index (χ1) is 8.34. The van der Waals surface area contributed by atoms with Crippen molar-refractivity contribution in [1.29, 1.82) is 0 Å². The van der Waals surface area contributed by atoms with Crippen LogP contribution in [-0.4, -0.2) is 22.1 Å². The zero-order valence-corrected chi connectivity index (χ0v) is 10.2. The zero-order chi connectivity index (χ0) is 13.5. The minimum absolute atomic E-state index is 0.0534. The van der Waals surface area contributed by atoms with E-state index in [9.17, 15) is 14.7 Å². The van der Waals surface area contributed by atoms with Crippen molar-refractivity contribution in [2.45, 2.75) is 13.8 Å². The monoisotopic (exact) mass is 249 g/mol. The van der Waals surface area contributed by atoms with Gasteiger partial charge in [0.2, 0.25) is 5.91 Å². The number of phenols is 1. The summed E-state index contributed by atoms with van der Waals surface area (Å²) in [7, 11) is 0. The molecule has 0 radical (unpaired) electrons. The number of aliphatic carboxylic acids is 1. The second kappa shape index (κ2) is 4.01. The van der Waals surface area contributed by atoms with Crippen LogP contribution in [0.25, 0.3) is 0 Å². The molecule has 1 saturated carbocycles. The van der Waals surface area contributed by atoms with Gasteiger partial charge in [-0.15, -0.1) is 0 Å². The van der Waals surface area contributed by atoms with Crippen molar-refractivity contribution >= 4 is 17.6 Å². The molecule has 0 aromatic heterocycles. The molecule has 96 valence electrons. The maximum atomic E-state index is 12.0. The molecule has 1 aliphatic rings. The molecular formula is C13H15NO4. The van der Waals surface area contributed by atoms with Crippen molar-refractivity contribution in [3.05, 3.63) is 24.3 Å². The molecule has 0 bridgehead atoms. The molecular weight excluding hydrogens is 234 g/mol. The Balaban J connectivity index is 2.08. The molecule has 2 rings (SSSR count). The number of amides is 1. The molecule has 1 aliphatic carbocycles. The van der Waals surface area contributed by atoms with E-state index in [0.717, 1.165) is 0 Å². The minimum atomic E-state index is -0.948. The first-order valence-corrected chi connectivity index (χ1v) is 5.66. The fraction of sp³-hybridized carbons (Fsp3) is 0.385. The Kier molecular flexibility index (Phi) is 2.77. The second-order valence-electron chi connectivity index (χ2n) is 5.15. The van der Waals surface area contributed by atoms with Gasteiger partial charge in [-0.05, 0) is 17.5 Å². The molecule has 1 aromatic rings. The molecule has 5 heteroatoms. The number of carboxylic acids is 1. The Labute approximate surface area is 104 Å². The third-order valence-corrected chi connectivity index (χ3v) is 3.49. The summed E-state index contributed by atoms with van der Waals surface area (Å²) in [5, 5.41) is 20.9. The van der Waals surface area contributed by atoms with Gasteiger partial charge < -0.3 is 15.5 Å². The number of carbonyl (C=O) groups excluding carboxylic acids is 1. The van der Waals surface area contributed by atoms with Crippen LogP contribution in [0, 0.1) is 17.3 Å². The van der Waals surface area contributed by atoms with Crippen LogP contribution in [-0.2, 0) is 9.59 Å². The number of rotatable bonds is 3. The highest BCUT2D eigenvalue weighted by atomic mass is 16.4. The van der Waals surface area contributed by atoms with E-state index in [1.165, 1.54) is 12.1 Å². The quantitative estimate of drug-likeness (QED) is 0.760. The van der Waals surface area contributed by atoms with E-state index >= 15 is 0 Å². The van der Waals surface area contributed by atoms with Gasteiger partial charge >= 0.3 is 5.97 Å². The van der Waals surface area contributed by atoms with Crippen molar-refractivity contribution in [1.82, 2.24) is 0 Å². The number of nitrogens with one attached hydrogen (secondary N) is 1. The summed E-state index contributed by atoms with van der Waals surface area (Å²) in [6, 6.07) is 6.17. The Morgan fingerprint density at radius 1 is 1.28 bits per heavy atom. The number of carboxylic acid groups (broad SMARTS) is 1. The Morgan fingerprint density at radius 2 is 1.94 bits per heavy atom. The van der Waals surface area contributed by atoms with Crippen molar-refractivity contribution < 1.29 is 19.8 Å². The van der Waals surface area contributed by atoms with Crippen LogP contribution >= 0.6 is 0 Å². The summed E-state index contributed by atoms with van der Waals surface area (Å²) in [5.41, 5.74) is -0.0564. The van der Waals surface area contributed by atoms with Gasteiger partial charge in [0.15, 0.2) is 0 Å². The lowest BCUT2D eigenvalue weighted by atomic mass is 10.1. The molecule has 2 atom stereocenters. The van der Waals surface area contributed by atoms with Gasteiger partial charge in [-0.3, -0.25) is 9.59 Å². The van der Waals surface area contributed by atoms with Gasteiger partial charge in [-0.1, -0.05) is 19.9 Å². The van der Waals surface area contributed by atoms with Gasteiger partial charge in [0, 0.05) is 11.8 Å². The standard InChI is InChI=1S/C13H15NO4/c1-13(2)9(10(13)12(17)18)11(16)14-7-4-3-5-8(15)6-7/h3-6,9-10,15H,1-2H3,(H,14,16)(H,17,18)/t9-,10+/m1/s1. The molecule has 0 saturated heterocycles. The van der Waals surface area contributed by atoms with E-state index in [1.807, 2.05) is 0 Å². The first-order valence-electron chi connectivity index (χ1n) is 5.66. The molecule has 18 heavy (non-hydrogen) atoms. The fourth-order valence-corrected chi connectivity index (χ4v) is 2.39. The normalized spacial score (nSPS) is 24.3. The smallest absolute Gasteiger partial charge is 0.307 e. The van der Waals surface area contributed by atoms with Crippen LogP contribution in [0.5, 0.6) is 5.75 Å². The average molecular weight is 249 g/mol. The Morgan fingerprint density at radius 3 is 2.44 bits per heavy atom. The number of carbonyl (C=O) groups is 2. The molecule has 3 N–H and O–H groups in total. The van der Waals surface area contributed by atoms with Crippen LogP contribution < -0.4 is 5.32 Å². The van der Waals surface area contributed by atoms with E-state index in [0.29, 0.717) is 5.69 Å². The van der Waals surface area contributed by atoms with Crippen molar-refractivity contribution in [2.24, 2.45) is 17.3 Å². The third kappa shape index (κ3) is 2.03. The molecule has 1 aromatic carbocycles. The predicted octanol–water partition coefficient (Wildman–Crippen LogP) is 1.69. The highest BCUT2D eigenvalue weighted by Crippen LogP contribution is 2.58. The van der Waals surface area contributed by atoms with Crippen molar-refractivity contribution in [3.8, 4) is 5.75 Å². The summed E-state index contributed by atoms with van der Waals surface area (Å²) < 4.78 is 0. The number of hydrogen-bond acceptors (Lipinski definition) is 3. The summed E-state index contributed by atoms with van der Waals surface area (Å²) in [4.78, 5) is 22.9. The van der Waals surface area contributed by atoms with Crippen LogP contribution in [0.1, 0.15) is 13.8 Å². The summed E-state index contributed by atoms with van der Waals surface area (Å²) in [5.74, 6) is -2.39. The topological polar surface area (TPSA) is 86.6 Å². The maximum Gasteiger partial charge on any atom is 0.307 e. The number of anilines is 1. The second-order valence-corrected chi connectivity index (χ2v) is 5.15. The lowest BCUT2D eigenvalue weighted by Crippen LogP contribution is -2.17. The van der Waals surface area contributed by atoms with Crippen LogP contribution in [0.4, 0.5) is 5.69 Å². The first kappa shape index (κ1) is 12.4. The number of aromatic hydroxyl groups is 1. The Hall–Kier alpha value is -2.04. The average Bonchev–Trinajstić information content (AvgIpc) is 2.81. The van der Waals surface area contributed by atoms with Gasteiger partial charge in [-0.25, -0.2) is 0 Å². The van der Waals surface area contributed by atoms with Crippen LogP contribution in [0.3, 0.4) is 0 Å². The summed E-state index contributed by atoms with van der Waals surface area (Å²) in [6.45, 7) is 3.52. The lowest BCUT2D eigenvalue weighted by molar-refractivity contribution is -0.140. The lowest BCUT2D eigenvalue weighted by Gasteiger charge is -2.06. The maximum absolute atomic E-state index is 12.0. The largest absolute Gasteiger partial charge is 0.508 e. The van der Waals surface area contributed by atoms with Crippen LogP contribution in [0.15, 0.2) is 24.3 Å². The van der Waals surface area contributed by atoms with E-state index in [-0.39, 0.29) is 11.7 Å². The van der Waals surface area contributed by atoms with E-state index in [2.05, 4.69) is 5.32 Å². The van der Waals surface area contributed by atoms with Gasteiger partial charge in [0.25, 0.3) is 0 Å². The highest BCUT2D eigenvalue weighted by Gasteiger charge is 2.65. The zero-order valence-electron chi connectivity index (χ0n) is 10.2. The highest BCUT2D eigenvalue weighted by molar-refractivity contribution is 5.99. The Bertz CT molecular complexity index is 509.